The fourth-order valence-corrected chi connectivity index (χ4v) is 4.52. The maximum atomic E-state index is 6.55. The normalized spacial score (nSPS) is 30.4. The van der Waals surface area contributed by atoms with Crippen LogP contribution in [0.3, 0.4) is 0 Å². The molecule has 3 rings (SSSR count). The second kappa shape index (κ2) is 5.94. The van der Waals surface area contributed by atoms with E-state index in [1.807, 2.05) is 11.8 Å². The lowest BCUT2D eigenvalue weighted by Crippen LogP contribution is -2.48. The van der Waals surface area contributed by atoms with E-state index >= 15 is 0 Å². The first-order valence-corrected chi connectivity index (χ1v) is 9.31. The molecule has 0 bridgehead atoms. The molecule has 3 atom stereocenters. The van der Waals surface area contributed by atoms with Crippen LogP contribution in [0.25, 0.3) is 0 Å². The Bertz CT molecular complexity index is 496. The first kappa shape index (κ1) is 15.4. The number of hydrogen-bond acceptors (Lipinski definition) is 3. The Morgan fingerprint density at radius 1 is 1.14 bits per heavy atom. The minimum Gasteiger partial charge on any atom is -0.354 e. The molecular formula is C18H27NOS. The van der Waals surface area contributed by atoms with Crippen molar-refractivity contribution in [2.24, 2.45) is 0 Å². The molecule has 1 aromatic carbocycles. The highest BCUT2D eigenvalue weighted by molar-refractivity contribution is 7.98. The predicted molar refractivity (Wildman–Crippen MR) is 89.7 cm³/mol. The number of hydrogen-bond donors (Lipinski definition) is 0. The molecule has 116 valence electrons. The van der Waals surface area contributed by atoms with E-state index in [-0.39, 0.29) is 11.8 Å². The van der Waals surface area contributed by atoms with Gasteiger partial charge in [0.05, 0.1) is 6.10 Å². The van der Waals surface area contributed by atoms with Crippen molar-refractivity contribution in [2.75, 3.05) is 6.26 Å². The number of thioether (sulfide) groups is 1. The van der Waals surface area contributed by atoms with Gasteiger partial charge in [-0.2, -0.15) is 0 Å². The molecule has 0 spiro atoms. The SMILES string of the molecule is CSc1ccccc1[C@@H]1O[C@@H]2CCCC[C@H]2N1C(C)(C)C. The largest absolute Gasteiger partial charge is 0.354 e. The van der Waals surface area contributed by atoms with Crippen LogP contribution >= 0.6 is 11.8 Å². The molecule has 21 heavy (non-hydrogen) atoms. The average molecular weight is 305 g/mol. The zero-order valence-electron chi connectivity index (χ0n) is 13.6. The van der Waals surface area contributed by atoms with Crippen molar-refractivity contribution in [3.05, 3.63) is 29.8 Å². The molecule has 1 aromatic rings. The summed E-state index contributed by atoms with van der Waals surface area (Å²) in [6.45, 7) is 6.96. The molecule has 3 heteroatoms. The van der Waals surface area contributed by atoms with Crippen molar-refractivity contribution in [1.82, 2.24) is 4.90 Å². The lowest BCUT2D eigenvalue weighted by Gasteiger charge is -2.41. The van der Waals surface area contributed by atoms with Crippen molar-refractivity contribution in [3.63, 3.8) is 0 Å². The summed E-state index contributed by atoms with van der Waals surface area (Å²) < 4.78 is 6.55. The van der Waals surface area contributed by atoms with E-state index in [2.05, 4.69) is 56.2 Å². The first-order chi connectivity index (χ1) is 10.0. The summed E-state index contributed by atoms with van der Waals surface area (Å²) in [5.41, 5.74) is 1.47. The zero-order chi connectivity index (χ0) is 15.0. The van der Waals surface area contributed by atoms with Crippen LogP contribution < -0.4 is 0 Å². The molecule has 0 N–H and O–H groups in total. The van der Waals surface area contributed by atoms with Gasteiger partial charge in [-0.05, 0) is 45.9 Å². The molecule has 2 nitrogen and oxygen atoms in total. The summed E-state index contributed by atoms with van der Waals surface area (Å²) in [6.07, 6.45) is 7.83. The van der Waals surface area contributed by atoms with Crippen molar-refractivity contribution in [1.29, 1.82) is 0 Å². The average Bonchev–Trinajstić information content (AvgIpc) is 2.86. The Balaban J connectivity index is 1.99. The van der Waals surface area contributed by atoms with Crippen LogP contribution in [0.2, 0.25) is 0 Å². The smallest absolute Gasteiger partial charge is 0.139 e. The molecule has 1 heterocycles. The van der Waals surface area contributed by atoms with E-state index in [1.165, 1.54) is 36.1 Å². The summed E-state index contributed by atoms with van der Waals surface area (Å²) in [6, 6.07) is 9.30. The highest BCUT2D eigenvalue weighted by Gasteiger charge is 2.48. The topological polar surface area (TPSA) is 12.5 Å². The van der Waals surface area contributed by atoms with E-state index in [4.69, 9.17) is 4.74 Å². The molecule has 1 aliphatic heterocycles. The van der Waals surface area contributed by atoms with Crippen LogP contribution in [-0.4, -0.2) is 28.8 Å². The molecule has 0 unspecified atom stereocenters. The molecule has 2 aliphatic rings. The van der Waals surface area contributed by atoms with Gasteiger partial charge in [-0.25, -0.2) is 0 Å². The van der Waals surface area contributed by atoms with Gasteiger partial charge in [0.25, 0.3) is 0 Å². The van der Waals surface area contributed by atoms with Gasteiger partial charge in [0.15, 0.2) is 0 Å². The van der Waals surface area contributed by atoms with Gasteiger partial charge in [-0.1, -0.05) is 31.0 Å². The summed E-state index contributed by atoms with van der Waals surface area (Å²) in [4.78, 5) is 3.97. The van der Waals surface area contributed by atoms with Gasteiger partial charge < -0.3 is 4.74 Å². The van der Waals surface area contributed by atoms with E-state index in [1.54, 1.807) is 0 Å². The number of rotatable bonds is 2. The van der Waals surface area contributed by atoms with Crippen LogP contribution in [0.5, 0.6) is 0 Å². The molecule has 0 amide bonds. The van der Waals surface area contributed by atoms with E-state index in [0.717, 1.165) is 0 Å². The van der Waals surface area contributed by atoms with E-state index in [9.17, 15) is 0 Å². The van der Waals surface area contributed by atoms with E-state index in [0.29, 0.717) is 12.1 Å². The highest BCUT2D eigenvalue weighted by atomic mass is 32.2. The summed E-state index contributed by atoms with van der Waals surface area (Å²) in [5, 5.41) is 0. The minimum absolute atomic E-state index is 0.113. The summed E-state index contributed by atoms with van der Waals surface area (Å²) >= 11 is 1.82. The Morgan fingerprint density at radius 2 is 1.86 bits per heavy atom. The fourth-order valence-electron chi connectivity index (χ4n) is 3.90. The number of nitrogens with zero attached hydrogens (tertiary/aromatic N) is 1. The molecular weight excluding hydrogens is 278 g/mol. The lowest BCUT2D eigenvalue weighted by atomic mass is 9.89. The molecule has 2 fully saturated rings. The first-order valence-electron chi connectivity index (χ1n) is 8.09. The Hall–Kier alpha value is -0.510. The van der Waals surface area contributed by atoms with Crippen LogP contribution in [0, 0.1) is 0 Å². The van der Waals surface area contributed by atoms with Crippen LogP contribution in [-0.2, 0) is 4.74 Å². The Morgan fingerprint density at radius 3 is 2.57 bits per heavy atom. The predicted octanol–water partition coefficient (Wildman–Crippen LogP) is 4.85. The minimum atomic E-state index is 0.113. The van der Waals surface area contributed by atoms with Gasteiger partial charge in [0, 0.05) is 22.0 Å². The van der Waals surface area contributed by atoms with Gasteiger partial charge >= 0.3 is 0 Å². The second-order valence-electron chi connectivity index (χ2n) is 7.20. The molecule has 1 aliphatic carbocycles. The van der Waals surface area contributed by atoms with Gasteiger partial charge in [0.1, 0.15) is 6.23 Å². The molecule has 0 radical (unpaired) electrons. The summed E-state index contributed by atoms with van der Waals surface area (Å²) in [7, 11) is 0. The van der Waals surface area contributed by atoms with Crippen molar-refractivity contribution >= 4 is 11.8 Å². The highest BCUT2D eigenvalue weighted by Crippen LogP contribution is 2.46. The third-order valence-corrected chi connectivity index (χ3v) is 5.57. The number of benzene rings is 1. The zero-order valence-corrected chi connectivity index (χ0v) is 14.5. The standard InChI is InChI=1S/C18H27NOS/c1-18(2,3)19-14-10-6-7-11-15(14)20-17(19)13-9-5-8-12-16(13)21-4/h5,8-9,12,14-15,17H,6-7,10-11H2,1-4H3/t14-,15-,17+/m1/s1. The van der Waals surface area contributed by atoms with Crippen molar-refractivity contribution in [3.8, 4) is 0 Å². The molecule has 0 aromatic heterocycles. The van der Waals surface area contributed by atoms with Crippen LogP contribution in [0.15, 0.2) is 29.2 Å². The third kappa shape index (κ3) is 2.88. The lowest BCUT2D eigenvalue weighted by molar-refractivity contribution is -0.0357. The monoisotopic (exact) mass is 305 g/mol. The van der Waals surface area contributed by atoms with E-state index < -0.39 is 0 Å². The third-order valence-electron chi connectivity index (χ3n) is 4.76. The number of fused-ring (bicyclic) bond motifs is 1. The number of ether oxygens (including phenoxy) is 1. The van der Waals surface area contributed by atoms with Crippen LogP contribution in [0.4, 0.5) is 0 Å². The van der Waals surface area contributed by atoms with Gasteiger partial charge in [-0.3, -0.25) is 4.90 Å². The Kier molecular flexibility index (Phi) is 4.35. The second-order valence-corrected chi connectivity index (χ2v) is 8.05. The molecule has 1 saturated heterocycles. The van der Waals surface area contributed by atoms with Gasteiger partial charge in [0.2, 0.25) is 0 Å². The summed E-state index contributed by atoms with van der Waals surface area (Å²) in [5.74, 6) is 0. The van der Waals surface area contributed by atoms with Crippen molar-refractivity contribution in [2.45, 2.75) is 75.3 Å². The van der Waals surface area contributed by atoms with Gasteiger partial charge in [-0.15, -0.1) is 11.8 Å². The fraction of sp³-hybridized carbons (Fsp3) is 0.667. The molecule has 1 saturated carbocycles. The maximum Gasteiger partial charge on any atom is 0.139 e. The Labute approximate surface area is 133 Å². The maximum absolute atomic E-state index is 6.55. The van der Waals surface area contributed by atoms with Crippen LogP contribution in [0.1, 0.15) is 58.2 Å². The van der Waals surface area contributed by atoms with Crippen molar-refractivity contribution < 1.29 is 4.74 Å². The quantitative estimate of drug-likeness (QED) is 0.725.